The molecule has 29 heavy (non-hydrogen) atoms. The van der Waals surface area contributed by atoms with Crippen LogP contribution in [0, 0.1) is 25.5 Å². The summed E-state index contributed by atoms with van der Waals surface area (Å²) in [4.78, 5) is 21.1. The third-order valence-corrected chi connectivity index (χ3v) is 5.97. The minimum absolute atomic E-state index is 0.170. The summed E-state index contributed by atoms with van der Waals surface area (Å²) in [7, 11) is 1.64. The summed E-state index contributed by atoms with van der Waals surface area (Å²) >= 11 is 2.56. The minimum atomic E-state index is -0.938. The second kappa shape index (κ2) is 9.47. The third kappa shape index (κ3) is 5.20. The molecule has 0 aliphatic rings. The molecule has 0 aliphatic carbocycles. The van der Waals surface area contributed by atoms with E-state index in [1.54, 1.807) is 12.5 Å². The number of thiazole rings is 1. The number of imidazole rings is 1. The Morgan fingerprint density at radius 2 is 2.07 bits per heavy atom. The number of aryl methyl sites for hydroxylation is 1. The van der Waals surface area contributed by atoms with E-state index in [1.165, 1.54) is 29.2 Å². The number of benzene rings is 1. The Bertz CT molecular complexity index is 1020. The van der Waals surface area contributed by atoms with Crippen molar-refractivity contribution in [1.82, 2.24) is 14.5 Å². The third-order valence-electron chi connectivity index (χ3n) is 4.24. The molecule has 154 valence electrons. The summed E-state index contributed by atoms with van der Waals surface area (Å²) in [5.41, 5.74) is 2.88. The molecule has 1 aromatic carbocycles. The Morgan fingerprint density at radius 1 is 1.28 bits per heavy atom. The predicted octanol–water partition coefficient (Wildman–Crippen LogP) is 4.28. The van der Waals surface area contributed by atoms with Gasteiger partial charge in [0.1, 0.15) is 0 Å². The maximum absolute atomic E-state index is 13.4. The van der Waals surface area contributed by atoms with E-state index in [-0.39, 0.29) is 11.7 Å². The van der Waals surface area contributed by atoms with Crippen molar-refractivity contribution in [2.75, 3.05) is 24.8 Å². The summed E-state index contributed by atoms with van der Waals surface area (Å²) in [6.45, 7) is 5.13. The fourth-order valence-corrected chi connectivity index (χ4v) is 4.24. The van der Waals surface area contributed by atoms with E-state index in [9.17, 15) is 13.6 Å². The van der Waals surface area contributed by atoms with Crippen molar-refractivity contribution in [3.05, 3.63) is 46.6 Å². The topological polar surface area (TPSA) is 69.0 Å². The average molecular weight is 439 g/mol. The molecule has 6 nitrogen and oxygen atoms in total. The standard InChI is InChI=1S/C19H20F2N4O2S2/c1-11-12(2)25(6-7-27-3)19(22-11)29-10-17(26)24-18-23-16(9-28-18)13-4-5-14(20)15(21)8-13/h4-5,8-9H,6-7,10H2,1-3H3,(H,23,24,26). The molecule has 3 aromatic rings. The largest absolute Gasteiger partial charge is 0.383 e. The van der Waals surface area contributed by atoms with E-state index < -0.39 is 11.6 Å². The highest BCUT2D eigenvalue weighted by Crippen LogP contribution is 2.27. The zero-order valence-electron chi connectivity index (χ0n) is 16.2. The van der Waals surface area contributed by atoms with Gasteiger partial charge in [-0.2, -0.15) is 0 Å². The van der Waals surface area contributed by atoms with Crippen LogP contribution < -0.4 is 5.32 Å². The molecule has 1 N–H and O–H groups in total. The normalized spacial score (nSPS) is 11.1. The first kappa shape index (κ1) is 21.4. The van der Waals surface area contributed by atoms with Crippen LogP contribution in [0.15, 0.2) is 28.7 Å². The molecule has 0 radical (unpaired) electrons. The lowest BCUT2D eigenvalue weighted by atomic mass is 10.2. The Morgan fingerprint density at radius 3 is 2.79 bits per heavy atom. The first-order valence-corrected chi connectivity index (χ1v) is 10.6. The number of carbonyl (C=O) groups is 1. The molecule has 0 unspecified atom stereocenters. The van der Waals surface area contributed by atoms with Gasteiger partial charge >= 0.3 is 0 Å². The number of hydrogen-bond acceptors (Lipinski definition) is 6. The molecule has 2 heterocycles. The van der Waals surface area contributed by atoms with Gasteiger partial charge in [0.15, 0.2) is 21.9 Å². The van der Waals surface area contributed by atoms with Gasteiger partial charge in [0.2, 0.25) is 5.91 Å². The smallest absolute Gasteiger partial charge is 0.236 e. The number of rotatable bonds is 8. The van der Waals surface area contributed by atoms with Crippen LogP contribution in [0.25, 0.3) is 11.3 Å². The quantitative estimate of drug-likeness (QED) is 0.532. The summed E-state index contributed by atoms with van der Waals surface area (Å²) in [6.07, 6.45) is 0. The van der Waals surface area contributed by atoms with Gasteiger partial charge in [0.25, 0.3) is 0 Å². The number of anilines is 1. The molecule has 0 bridgehead atoms. The first-order chi connectivity index (χ1) is 13.9. The van der Waals surface area contributed by atoms with Crippen molar-refractivity contribution in [2.24, 2.45) is 0 Å². The van der Waals surface area contributed by atoms with Crippen molar-refractivity contribution < 1.29 is 18.3 Å². The lowest BCUT2D eigenvalue weighted by Gasteiger charge is -2.09. The number of nitrogens with zero attached hydrogens (tertiary/aromatic N) is 3. The van der Waals surface area contributed by atoms with E-state index in [1.807, 2.05) is 18.4 Å². The highest BCUT2D eigenvalue weighted by Gasteiger charge is 2.15. The summed E-state index contributed by atoms with van der Waals surface area (Å²) in [6, 6.07) is 3.57. The minimum Gasteiger partial charge on any atom is -0.383 e. The van der Waals surface area contributed by atoms with Crippen LogP contribution in [0.5, 0.6) is 0 Å². The van der Waals surface area contributed by atoms with Crippen molar-refractivity contribution in [3.63, 3.8) is 0 Å². The monoisotopic (exact) mass is 438 g/mol. The highest BCUT2D eigenvalue weighted by atomic mass is 32.2. The Balaban J connectivity index is 1.61. The van der Waals surface area contributed by atoms with E-state index in [2.05, 4.69) is 15.3 Å². The van der Waals surface area contributed by atoms with Crippen LogP contribution in [-0.4, -0.2) is 39.9 Å². The average Bonchev–Trinajstić information content (AvgIpc) is 3.26. The number of ether oxygens (including phenoxy) is 1. The fraction of sp³-hybridized carbons (Fsp3) is 0.316. The van der Waals surface area contributed by atoms with Gasteiger partial charge in [-0.05, 0) is 32.0 Å². The fourth-order valence-electron chi connectivity index (χ4n) is 2.58. The highest BCUT2D eigenvalue weighted by molar-refractivity contribution is 7.99. The van der Waals surface area contributed by atoms with E-state index >= 15 is 0 Å². The molecule has 0 saturated heterocycles. The number of nitrogens with one attached hydrogen (secondary N) is 1. The number of amides is 1. The van der Waals surface area contributed by atoms with Crippen molar-refractivity contribution >= 4 is 34.1 Å². The summed E-state index contributed by atoms with van der Waals surface area (Å²) in [5, 5.41) is 5.56. The lowest BCUT2D eigenvalue weighted by molar-refractivity contribution is -0.113. The SMILES string of the molecule is COCCn1c(SCC(=O)Nc2nc(-c3ccc(F)c(F)c3)cs2)nc(C)c1C. The number of halogens is 2. The number of carbonyl (C=O) groups excluding carboxylic acids is 1. The van der Waals surface area contributed by atoms with Crippen molar-refractivity contribution in [3.8, 4) is 11.3 Å². The maximum atomic E-state index is 13.4. The zero-order valence-corrected chi connectivity index (χ0v) is 17.8. The van der Waals surface area contributed by atoms with Crippen molar-refractivity contribution in [2.45, 2.75) is 25.5 Å². The Labute approximate surface area is 175 Å². The van der Waals surface area contributed by atoms with Crippen LogP contribution in [0.1, 0.15) is 11.4 Å². The number of methoxy groups -OCH3 is 1. The van der Waals surface area contributed by atoms with Crippen molar-refractivity contribution in [1.29, 1.82) is 0 Å². The Kier molecular flexibility index (Phi) is 6.99. The summed E-state index contributed by atoms with van der Waals surface area (Å²) in [5.74, 6) is -1.91. The van der Waals surface area contributed by atoms with Gasteiger partial charge in [-0.25, -0.2) is 18.7 Å². The molecule has 0 fully saturated rings. The van der Waals surface area contributed by atoms with Crippen LogP contribution in [0.4, 0.5) is 13.9 Å². The number of thioether (sulfide) groups is 1. The molecule has 3 rings (SSSR count). The number of hydrogen-bond donors (Lipinski definition) is 1. The molecule has 0 aliphatic heterocycles. The summed E-state index contributed by atoms with van der Waals surface area (Å²) < 4.78 is 33.6. The maximum Gasteiger partial charge on any atom is 0.236 e. The van der Waals surface area contributed by atoms with Crippen LogP contribution in [0.2, 0.25) is 0 Å². The van der Waals surface area contributed by atoms with Gasteiger partial charge in [-0.3, -0.25) is 4.79 Å². The molecule has 0 saturated carbocycles. The lowest BCUT2D eigenvalue weighted by Crippen LogP contribution is -2.15. The Hall–Kier alpha value is -2.30. The molecular formula is C19H20F2N4O2S2. The molecule has 0 spiro atoms. The second-order valence-electron chi connectivity index (χ2n) is 6.21. The molecular weight excluding hydrogens is 418 g/mol. The van der Waals surface area contributed by atoms with Crippen LogP contribution in [-0.2, 0) is 16.1 Å². The van der Waals surface area contributed by atoms with Crippen LogP contribution >= 0.6 is 23.1 Å². The molecule has 1 amide bonds. The van der Waals surface area contributed by atoms with Gasteiger partial charge in [-0.1, -0.05) is 11.8 Å². The molecule has 10 heteroatoms. The zero-order chi connectivity index (χ0) is 21.0. The second-order valence-corrected chi connectivity index (χ2v) is 8.01. The van der Waals surface area contributed by atoms with E-state index in [4.69, 9.17) is 4.74 Å². The molecule has 2 aromatic heterocycles. The van der Waals surface area contributed by atoms with Gasteiger partial charge < -0.3 is 14.6 Å². The van der Waals surface area contributed by atoms with E-state index in [0.29, 0.717) is 29.5 Å². The van der Waals surface area contributed by atoms with E-state index in [0.717, 1.165) is 28.7 Å². The first-order valence-electron chi connectivity index (χ1n) is 8.75. The van der Waals surface area contributed by atoms with Crippen LogP contribution in [0.3, 0.4) is 0 Å². The van der Waals surface area contributed by atoms with Gasteiger partial charge in [-0.15, -0.1) is 11.3 Å². The van der Waals surface area contributed by atoms with Gasteiger partial charge in [0.05, 0.1) is 23.7 Å². The molecule has 0 atom stereocenters. The van der Waals surface area contributed by atoms with Gasteiger partial charge in [0, 0.05) is 30.3 Å². The predicted molar refractivity (Wildman–Crippen MR) is 110 cm³/mol. The number of aromatic nitrogens is 3.